The molecule has 3 rings (SSSR count). The highest BCUT2D eigenvalue weighted by molar-refractivity contribution is 5.76. The third kappa shape index (κ3) is 3.79. The van der Waals surface area contributed by atoms with Gasteiger partial charge < -0.3 is 10.1 Å². The third-order valence-corrected chi connectivity index (χ3v) is 4.25. The number of hydrogen-bond acceptors (Lipinski definition) is 4. The Hall–Kier alpha value is -2.89. The summed E-state index contributed by atoms with van der Waals surface area (Å²) in [6.45, 7) is 6.29. The van der Waals surface area contributed by atoms with Gasteiger partial charge in [0.1, 0.15) is 5.75 Å². The van der Waals surface area contributed by atoms with Gasteiger partial charge in [-0.15, -0.1) is 10.2 Å². The fourth-order valence-electron chi connectivity index (χ4n) is 2.67. The van der Waals surface area contributed by atoms with Gasteiger partial charge >= 0.3 is 0 Å². The second-order valence-electron chi connectivity index (χ2n) is 6.07. The number of aryl methyl sites for hydroxylation is 1. The molecule has 1 atom stereocenters. The van der Waals surface area contributed by atoms with Gasteiger partial charge in [-0.25, -0.2) is 0 Å². The maximum Gasteiger partial charge on any atom is 0.224 e. The van der Waals surface area contributed by atoms with Crippen molar-refractivity contribution in [2.45, 2.75) is 33.2 Å². The molecule has 0 saturated carbocycles. The average Bonchev–Trinajstić information content (AvgIpc) is 3.03. The van der Waals surface area contributed by atoms with Crippen molar-refractivity contribution in [3.63, 3.8) is 0 Å². The summed E-state index contributed by atoms with van der Waals surface area (Å²) >= 11 is 0. The maximum absolute atomic E-state index is 12.2. The summed E-state index contributed by atoms with van der Waals surface area (Å²) < 4.78 is 7.61. The van der Waals surface area contributed by atoms with E-state index in [9.17, 15) is 4.79 Å². The van der Waals surface area contributed by atoms with Crippen molar-refractivity contribution in [2.24, 2.45) is 0 Å². The first-order valence-electron chi connectivity index (χ1n) is 8.34. The van der Waals surface area contributed by atoms with Gasteiger partial charge in [-0.1, -0.05) is 18.2 Å². The summed E-state index contributed by atoms with van der Waals surface area (Å²) in [6, 6.07) is 11.4. The van der Waals surface area contributed by atoms with E-state index in [1.807, 2.05) is 67.8 Å². The number of nitrogens with zero attached hydrogens (tertiary/aromatic N) is 3. The Bertz CT molecular complexity index is 888. The maximum atomic E-state index is 12.2. The molecule has 1 unspecified atom stereocenters. The van der Waals surface area contributed by atoms with E-state index in [0.29, 0.717) is 12.4 Å². The Balaban J connectivity index is 1.55. The van der Waals surface area contributed by atoms with Gasteiger partial charge in [-0.2, -0.15) is 0 Å². The van der Waals surface area contributed by atoms with E-state index in [2.05, 4.69) is 15.5 Å². The summed E-state index contributed by atoms with van der Waals surface area (Å²) in [5.41, 5.74) is 3.04. The van der Waals surface area contributed by atoms with Crippen LogP contribution in [-0.4, -0.2) is 27.1 Å². The lowest BCUT2D eigenvalue weighted by atomic mass is 10.1. The second kappa shape index (κ2) is 7.34. The number of pyridine rings is 1. The Morgan fingerprint density at radius 2 is 2.04 bits per heavy atom. The fourth-order valence-corrected chi connectivity index (χ4v) is 2.67. The molecule has 1 aromatic carbocycles. The molecule has 2 heterocycles. The van der Waals surface area contributed by atoms with Crippen LogP contribution in [0.15, 0.2) is 42.6 Å². The molecule has 0 spiro atoms. The van der Waals surface area contributed by atoms with Crippen LogP contribution in [0, 0.1) is 13.8 Å². The topological polar surface area (TPSA) is 68.5 Å². The zero-order valence-corrected chi connectivity index (χ0v) is 14.7. The number of fused-ring (bicyclic) bond motifs is 1. The van der Waals surface area contributed by atoms with Crippen LogP contribution >= 0.6 is 0 Å². The van der Waals surface area contributed by atoms with Gasteiger partial charge in [-0.05, 0) is 50.1 Å². The van der Waals surface area contributed by atoms with Crippen molar-refractivity contribution in [1.29, 1.82) is 0 Å². The van der Waals surface area contributed by atoms with E-state index in [1.165, 1.54) is 5.56 Å². The summed E-state index contributed by atoms with van der Waals surface area (Å²) in [7, 11) is 0. The number of nitrogens with one attached hydrogen (secondary N) is 1. The molecule has 1 N–H and O–H groups in total. The molecule has 0 saturated heterocycles. The third-order valence-electron chi connectivity index (χ3n) is 4.25. The average molecular weight is 338 g/mol. The normalized spacial score (nSPS) is 12.1. The molecule has 6 heteroatoms. The number of rotatable bonds is 6. The highest BCUT2D eigenvalue weighted by atomic mass is 16.5. The summed E-state index contributed by atoms with van der Waals surface area (Å²) in [5, 5.41) is 11.2. The Kier molecular flexibility index (Phi) is 4.97. The summed E-state index contributed by atoms with van der Waals surface area (Å²) in [6.07, 6.45) is 2.17. The molecule has 130 valence electrons. The predicted molar refractivity (Wildman–Crippen MR) is 95.6 cm³/mol. The highest BCUT2D eigenvalue weighted by Crippen LogP contribution is 2.20. The number of benzene rings is 1. The molecule has 0 aliphatic rings. The summed E-state index contributed by atoms with van der Waals surface area (Å²) in [5.74, 6) is 1.45. The van der Waals surface area contributed by atoms with Crippen LogP contribution < -0.4 is 10.1 Å². The van der Waals surface area contributed by atoms with E-state index in [0.717, 1.165) is 17.0 Å². The number of ether oxygens (including phenoxy) is 1. The first-order chi connectivity index (χ1) is 12.1. The predicted octanol–water partition coefficient (Wildman–Crippen LogP) is 2.99. The van der Waals surface area contributed by atoms with Gasteiger partial charge in [0.05, 0.1) is 19.1 Å². The lowest BCUT2D eigenvalue weighted by molar-refractivity contribution is -0.122. The van der Waals surface area contributed by atoms with Gasteiger partial charge in [0, 0.05) is 6.20 Å². The number of amides is 1. The number of carbonyl (C=O) groups excluding carboxylic acids is 1. The van der Waals surface area contributed by atoms with Crippen LogP contribution in [0.2, 0.25) is 0 Å². The minimum Gasteiger partial charge on any atom is -0.493 e. The molecule has 1 amide bonds. The largest absolute Gasteiger partial charge is 0.493 e. The standard InChI is InChI=1S/C19H22N4O2/c1-13-7-6-8-16(14(13)2)25-12-10-18(24)20-15(3)19-22-21-17-9-4-5-11-23(17)19/h4-9,11,15H,10,12H2,1-3H3,(H,20,24). The first kappa shape index (κ1) is 17.0. The van der Waals surface area contributed by atoms with Crippen LogP contribution in [0.3, 0.4) is 0 Å². The smallest absolute Gasteiger partial charge is 0.224 e. The molecular weight excluding hydrogens is 316 g/mol. The fraction of sp³-hybridized carbons (Fsp3) is 0.316. The Morgan fingerprint density at radius 1 is 1.20 bits per heavy atom. The molecule has 3 aromatic rings. The van der Waals surface area contributed by atoms with E-state index in [1.54, 1.807) is 0 Å². The minimum atomic E-state index is -0.231. The molecule has 0 bridgehead atoms. The van der Waals surface area contributed by atoms with Crippen LogP contribution in [-0.2, 0) is 4.79 Å². The monoisotopic (exact) mass is 338 g/mol. The number of aromatic nitrogens is 3. The van der Waals surface area contributed by atoms with E-state index >= 15 is 0 Å². The zero-order valence-electron chi connectivity index (χ0n) is 14.7. The molecule has 25 heavy (non-hydrogen) atoms. The highest BCUT2D eigenvalue weighted by Gasteiger charge is 2.15. The lowest BCUT2D eigenvalue weighted by Gasteiger charge is -2.14. The molecule has 0 fully saturated rings. The van der Waals surface area contributed by atoms with E-state index < -0.39 is 0 Å². The van der Waals surface area contributed by atoms with Crippen LogP contribution in [0.5, 0.6) is 5.75 Å². The molecule has 0 aliphatic carbocycles. The SMILES string of the molecule is Cc1cccc(OCCC(=O)NC(C)c2nnc3ccccn23)c1C. The quantitative estimate of drug-likeness (QED) is 0.750. The molecular formula is C19H22N4O2. The van der Waals surface area contributed by atoms with Gasteiger partial charge in [0.25, 0.3) is 0 Å². The molecule has 0 aliphatic heterocycles. The van der Waals surface area contributed by atoms with Gasteiger partial charge in [-0.3, -0.25) is 9.20 Å². The molecule has 6 nitrogen and oxygen atoms in total. The van der Waals surface area contributed by atoms with Gasteiger partial charge in [0.2, 0.25) is 5.91 Å². The Labute approximate surface area is 146 Å². The van der Waals surface area contributed by atoms with Crippen molar-refractivity contribution >= 4 is 11.6 Å². The van der Waals surface area contributed by atoms with E-state index in [-0.39, 0.29) is 18.4 Å². The molecule has 2 aromatic heterocycles. The van der Waals surface area contributed by atoms with Crippen LogP contribution in [0.1, 0.15) is 36.3 Å². The van der Waals surface area contributed by atoms with Crippen molar-refractivity contribution in [3.05, 3.63) is 59.5 Å². The van der Waals surface area contributed by atoms with Crippen molar-refractivity contribution < 1.29 is 9.53 Å². The Morgan fingerprint density at radius 3 is 2.88 bits per heavy atom. The minimum absolute atomic E-state index is 0.0783. The van der Waals surface area contributed by atoms with Crippen LogP contribution in [0.4, 0.5) is 0 Å². The zero-order chi connectivity index (χ0) is 17.8. The van der Waals surface area contributed by atoms with Crippen molar-refractivity contribution in [3.8, 4) is 5.75 Å². The second-order valence-corrected chi connectivity index (χ2v) is 6.07. The summed E-state index contributed by atoms with van der Waals surface area (Å²) in [4.78, 5) is 12.2. The molecule has 0 radical (unpaired) electrons. The number of hydrogen-bond donors (Lipinski definition) is 1. The van der Waals surface area contributed by atoms with E-state index in [4.69, 9.17) is 4.74 Å². The van der Waals surface area contributed by atoms with Crippen molar-refractivity contribution in [1.82, 2.24) is 19.9 Å². The van der Waals surface area contributed by atoms with Crippen LogP contribution in [0.25, 0.3) is 5.65 Å². The number of carbonyl (C=O) groups is 1. The first-order valence-corrected chi connectivity index (χ1v) is 8.34. The lowest BCUT2D eigenvalue weighted by Crippen LogP contribution is -2.29. The van der Waals surface area contributed by atoms with Gasteiger partial charge in [0.15, 0.2) is 11.5 Å². The van der Waals surface area contributed by atoms with Crippen molar-refractivity contribution in [2.75, 3.05) is 6.61 Å².